The third kappa shape index (κ3) is 3.88. The lowest BCUT2D eigenvalue weighted by Gasteiger charge is -2.21. The van der Waals surface area contributed by atoms with E-state index in [1.54, 1.807) is 23.6 Å². The van der Waals surface area contributed by atoms with Crippen LogP contribution in [0.25, 0.3) is 10.6 Å². The van der Waals surface area contributed by atoms with Gasteiger partial charge < -0.3 is 0 Å². The number of ketones is 1. The highest BCUT2D eigenvalue weighted by Gasteiger charge is 2.37. The maximum Gasteiger partial charge on any atom is 0.417 e. The number of thiophene rings is 1. The molecule has 0 aliphatic heterocycles. The van der Waals surface area contributed by atoms with E-state index >= 15 is 0 Å². The number of hydrogen-bond donors (Lipinski definition) is 0. The molecular formula is C17H13F3N2OS2. The fourth-order valence-corrected chi connectivity index (χ4v) is 4.61. The molecule has 0 saturated heterocycles. The molecule has 0 bridgehead atoms. The van der Waals surface area contributed by atoms with Crippen LogP contribution in [0.15, 0.2) is 28.6 Å². The molecule has 130 valence electrons. The van der Waals surface area contributed by atoms with Gasteiger partial charge in [0, 0.05) is 6.42 Å². The van der Waals surface area contributed by atoms with Crippen molar-refractivity contribution < 1.29 is 18.0 Å². The van der Waals surface area contributed by atoms with Gasteiger partial charge in [-0.25, -0.2) is 4.98 Å². The number of aromatic nitrogens is 1. The van der Waals surface area contributed by atoms with Gasteiger partial charge in [0.2, 0.25) is 0 Å². The molecule has 2 aromatic heterocycles. The molecule has 0 spiro atoms. The van der Waals surface area contributed by atoms with Crippen molar-refractivity contribution in [3.8, 4) is 16.6 Å². The normalized spacial score (nSPS) is 18.2. The molecule has 8 heteroatoms. The molecule has 0 N–H and O–H groups in total. The Morgan fingerprint density at radius 1 is 1.36 bits per heavy atom. The minimum atomic E-state index is -4.66. The summed E-state index contributed by atoms with van der Waals surface area (Å²) < 4.78 is 40.3. The third-order valence-electron chi connectivity index (χ3n) is 3.93. The van der Waals surface area contributed by atoms with Crippen LogP contribution in [0.5, 0.6) is 0 Å². The second-order valence-electron chi connectivity index (χ2n) is 5.64. The number of carbonyl (C=O) groups is 1. The highest BCUT2D eigenvalue weighted by atomic mass is 32.2. The molecule has 1 atom stereocenters. The molecule has 25 heavy (non-hydrogen) atoms. The first-order valence-corrected chi connectivity index (χ1v) is 9.41. The second kappa shape index (κ2) is 7.18. The number of carbonyl (C=O) groups excluding carboxylic acids is 1. The van der Waals surface area contributed by atoms with E-state index in [2.05, 4.69) is 4.98 Å². The zero-order valence-electron chi connectivity index (χ0n) is 13.0. The first kappa shape index (κ1) is 18.0. The van der Waals surface area contributed by atoms with Gasteiger partial charge in [0.15, 0.2) is 0 Å². The number of pyridine rings is 1. The van der Waals surface area contributed by atoms with E-state index in [0.717, 1.165) is 30.7 Å². The number of alkyl halides is 3. The largest absolute Gasteiger partial charge is 0.417 e. The maximum absolute atomic E-state index is 13.4. The lowest BCUT2D eigenvalue weighted by atomic mass is 9.99. The van der Waals surface area contributed by atoms with Crippen LogP contribution >= 0.6 is 23.1 Å². The highest BCUT2D eigenvalue weighted by molar-refractivity contribution is 8.00. The average Bonchev–Trinajstić information content (AvgIpc) is 3.10. The molecule has 0 amide bonds. The van der Waals surface area contributed by atoms with Gasteiger partial charge in [0.05, 0.1) is 26.9 Å². The SMILES string of the molecule is N#Cc1c(C(F)(F)F)cc(-c2cccs2)nc1S[C@H]1CCCCC1=O. The predicted molar refractivity (Wildman–Crippen MR) is 90.4 cm³/mol. The van der Waals surface area contributed by atoms with E-state index < -0.39 is 22.6 Å². The van der Waals surface area contributed by atoms with E-state index in [-0.39, 0.29) is 16.5 Å². The van der Waals surface area contributed by atoms with E-state index in [0.29, 0.717) is 17.7 Å². The zero-order chi connectivity index (χ0) is 18.0. The van der Waals surface area contributed by atoms with Crippen molar-refractivity contribution in [1.82, 2.24) is 4.98 Å². The summed E-state index contributed by atoms with van der Waals surface area (Å²) >= 11 is 2.26. The first-order chi connectivity index (χ1) is 11.9. The van der Waals surface area contributed by atoms with Crippen molar-refractivity contribution in [2.24, 2.45) is 0 Å². The molecule has 3 nitrogen and oxygen atoms in total. The van der Waals surface area contributed by atoms with Gasteiger partial charge in [-0.3, -0.25) is 4.79 Å². The summed E-state index contributed by atoms with van der Waals surface area (Å²) in [5, 5.41) is 10.6. The summed E-state index contributed by atoms with van der Waals surface area (Å²) in [4.78, 5) is 16.9. The quantitative estimate of drug-likeness (QED) is 0.722. The monoisotopic (exact) mass is 382 g/mol. The fraction of sp³-hybridized carbons (Fsp3) is 0.353. The Labute approximate surface area is 150 Å². The molecule has 0 unspecified atom stereocenters. The third-order valence-corrected chi connectivity index (χ3v) is 6.12. The Morgan fingerprint density at radius 3 is 2.76 bits per heavy atom. The maximum atomic E-state index is 13.4. The number of Topliss-reactive ketones (excluding diaryl/α,β-unsaturated/α-hetero) is 1. The Bertz CT molecular complexity index is 826. The fourth-order valence-electron chi connectivity index (χ4n) is 2.70. The summed E-state index contributed by atoms with van der Waals surface area (Å²) in [7, 11) is 0. The molecule has 2 aromatic rings. The lowest BCUT2D eigenvalue weighted by Crippen LogP contribution is -2.22. The van der Waals surface area contributed by atoms with Gasteiger partial charge >= 0.3 is 6.18 Å². The molecule has 1 saturated carbocycles. The van der Waals surface area contributed by atoms with Crippen molar-refractivity contribution in [2.75, 3.05) is 0 Å². The zero-order valence-corrected chi connectivity index (χ0v) is 14.6. The van der Waals surface area contributed by atoms with Crippen molar-refractivity contribution in [2.45, 2.75) is 42.1 Å². The van der Waals surface area contributed by atoms with Gasteiger partial charge in [-0.15, -0.1) is 11.3 Å². The van der Waals surface area contributed by atoms with E-state index in [1.165, 1.54) is 11.3 Å². The van der Waals surface area contributed by atoms with Crippen molar-refractivity contribution in [3.63, 3.8) is 0 Å². The number of rotatable bonds is 3. The van der Waals surface area contributed by atoms with Crippen LogP contribution in [0.2, 0.25) is 0 Å². The Kier molecular flexibility index (Phi) is 5.16. The summed E-state index contributed by atoms with van der Waals surface area (Å²) in [6.45, 7) is 0. The first-order valence-electron chi connectivity index (χ1n) is 7.65. The summed E-state index contributed by atoms with van der Waals surface area (Å²) in [6.07, 6.45) is -1.98. The number of thioether (sulfide) groups is 1. The molecule has 0 aromatic carbocycles. The van der Waals surface area contributed by atoms with Crippen LogP contribution < -0.4 is 0 Å². The highest BCUT2D eigenvalue weighted by Crippen LogP contribution is 2.41. The van der Waals surface area contributed by atoms with E-state index in [9.17, 15) is 23.2 Å². The molecule has 0 radical (unpaired) electrons. The number of halogens is 3. The van der Waals surface area contributed by atoms with Gasteiger partial charge in [-0.1, -0.05) is 24.2 Å². The molecule has 1 aliphatic rings. The second-order valence-corrected chi connectivity index (χ2v) is 7.78. The van der Waals surface area contributed by atoms with Crippen LogP contribution in [0.1, 0.15) is 36.8 Å². The van der Waals surface area contributed by atoms with Crippen molar-refractivity contribution in [1.29, 1.82) is 5.26 Å². The van der Waals surface area contributed by atoms with Gasteiger partial charge in [0.1, 0.15) is 16.9 Å². The van der Waals surface area contributed by atoms with Gasteiger partial charge in [0.25, 0.3) is 0 Å². The molecule has 1 aliphatic carbocycles. The van der Waals surface area contributed by atoms with Gasteiger partial charge in [-0.05, 0) is 30.4 Å². The van der Waals surface area contributed by atoms with Crippen LogP contribution in [-0.4, -0.2) is 16.0 Å². The smallest absolute Gasteiger partial charge is 0.298 e. The minimum Gasteiger partial charge on any atom is -0.298 e. The van der Waals surface area contributed by atoms with Gasteiger partial charge in [-0.2, -0.15) is 18.4 Å². The topological polar surface area (TPSA) is 53.8 Å². The minimum absolute atomic E-state index is 0.0111. The predicted octanol–water partition coefficient (Wildman–Crippen LogP) is 5.30. The number of nitrogens with zero attached hydrogens (tertiary/aromatic N) is 2. The van der Waals surface area contributed by atoms with Crippen LogP contribution in [-0.2, 0) is 11.0 Å². The lowest BCUT2D eigenvalue weighted by molar-refractivity contribution is -0.138. The van der Waals surface area contributed by atoms with Crippen LogP contribution in [0.3, 0.4) is 0 Å². The number of hydrogen-bond acceptors (Lipinski definition) is 5. The molecule has 2 heterocycles. The summed E-state index contributed by atoms with van der Waals surface area (Å²) in [5.74, 6) is 0.0111. The van der Waals surface area contributed by atoms with Crippen molar-refractivity contribution >= 4 is 28.9 Å². The molecule has 1 fully saturated rings. The number of nitriles is 1. The Morgan fingerprint density at radius 2 is 2.16 bits per heavy atom. The van der Waals surface area contributed by atoms with Crippen LogP contribution in [0, 0.1) is 11.3 Å². The summed E-state index contributed by atoms with van der Waals surface area (Å²) in [6, 6.07) is 5.96. The Hall–Kier alpha value is -1.85. The Balaban J connectivity index is 2.10. The van der Waals surface area contributed by atoms with Crippen molar-refractivity contribution in [3.05, 3.63) is 34.7 Å². The summed E-state index contributed by atoms with van der Waals surface area (Å²) in [5.41, 5.74) is -1.33. The molecule has 3 rings (SSSR count). The van der Waals surface area contributed by atoms with E-state index in [4.69, 9.17) is 0 Å². The average molecular weight is 382 g/mol. The molecular weight excluding hydrogens is 369 g/mol. The standard InChI is InChI=1S/C17H13F3N2OS2/c18-17(19,20)11-8-12(14-6-3-7-24-14)22-16(10(11)9-21)25-15-5-2-1-4-13(15)23/h3,6-8,15H,1-2,4-5H2/t15-/m0/s1. The van der Waals surface area contributed by atoms with Crippen LogP contribution in [0.4, 0.5) is 13.2 Å². The van der Waals surface area contributed by atoms with E-state index in [1.807, 2.05) is 0 Å².